The van der Waals surface area contributed by atoms with Gasteiger partial charge in [-0.1, -0.05) is 59.5 Å². The molecule has 4 aliphatic carbocycles. The third kappa shape index (κ3) is 7.09. The average molecular weight is 741 g/mol. The molecule has 6 rings (SSSR count). The highest BCUT2D eigenvalue weighted by molar-refractivity contribution is 5.91. The highest BCUT2D eigenvalue weighted by Gasteiger charge is 2.66. The summed E-state index contributed by atoms with van der Waals surface area (Å²) in [7, 11) is 0. The molecular weight excluding hydrogens is 676 g/mol. The van der Waals surface area contributed by atoms with Gasteiger partial charge in [-0.15, -0.1) is 0 Å². The number of ether oxygens (including phenoxy) is 4. The molecule has 6 aliphatic rings. The number of fused-ring (bicyclic) bond motifs is 5. The SMILES string of the molecule is CC(C)CCCC(C)C1C(OC2OC(CO)C(O)C(OC3OC(CO)C(O)C(O)C3O)C2O)CC2C3CCC4=CC(=O)CCC4(C)C3CC(O)C21C. The summed E-state index contributed by atoms with van der Waals surface area (Å²) in [6, 6.07) is 0. The van der Waals surface area contributed by atoms with Crippen molar-refractivity contribution in [2.24, 2.45) is 46.3 Å². The number of allylic oxidation sites excluding steroid dienone is 1. The van der Waals surface area contributed by atoms with Crippen molar-refractivity contribution in [2.75, 3.05) is 13.2 Å². The molecule has 0 bridgehead atoms. The van der Waals surface area contributed by atoms with Gasteiger partial charge in [0.1, 0.15) is 48.8 Å². The first-order valence-electron chi connectivity index (χ1n) is 19.7. The van der Waals surface area contributed by atoms with Crippen LogP contribution in [-0.4, -0.2) is 133 Å². The molecule has 5 fully saturated rings. The number of ketones is 1. The highest BCUT2D eigenvalue weighted by atomic mass is 16.7. The van der Waals surface area contributed by atoms with Crippen LogP contribution in [0.3, 0.4) is 0 Å². The number of aliphatic hydroxyl groups is 8. The molecule has 0 radical (unpaired) electrons. The third-order valence-corrected chi connectivity index (χ3v) is 14.5. The zero-order valence-corrected chi connectivity index (χ0v) is 31.4. The number of carbonyl (C=O) groups is 1. The summed E-state index contributed by atoms with van der Waals surface area (Å²) in [5.41, 5.74) is 0.550. The molecule has 2 saturated heterocycles. The van der Waals surface area contributed by atoms with E-state index in [-0.39, 0.29) is 34.9 Å². The van der Waals surface area contributed by atoms with E-state index < -0.39 is 92.2 Å². The van der Waals surface area contributed by atoms with E-state index in [1.807, 2.05) is 6.08 Å². The Labute approximate surface area is 307 Å². The monoisotopic (exact) mass is 740 g/mol. The van der Waals surface area contributed by atoms with E-state index in [1.165, 1.54) is 5.57 Å². The molecule has 298 valence electrons. The zero-order valence-electron chi connectivity index (χ0n) is 31.4. The molecule has 3 saturated carbocycles. The fourth-order valence-corrected chi connectivity index (χ4v) is 11.5. The predicted octanol–water partition coefficient (Wildman–Crippen LogP) is 1.19. The van der Waals surface area contributed by atoms with Crippen LogP contribution in [0.5, 0.6) is 0 Å². The summed E-state index contributed by atoms with van der Waals surface area (Å²) in [4.78, 5) is 12.4. The van der Waals surface area contributed by atoms with Gasteiger partial charge in [0.15, 0.2) is 18.4 Å². The van der Waals surface area contributed by atoms with E-state index in [2.05, 4.69) is 34.6 Å². The second kappa shape index (κ2) is 15.8. The number of hydrogen-bond acceptors (Lipinski definition) is 13. The van der Waals surface area contributed by atoms with Crippen LogP contribution in [0.4, 0.5) is 0 Å². The van der Waals surface area contributed by atoms with Gasteiger partial charge in [0.2, 0.25) is 0 Å². The highest BCUT2D eigenvalue weighted by Crippen LogP contribution is 2.68. The lowest BCUT2D eigenvalue weighted by Gasteiger charge is -2.60. The Morgan fingerprint density at radius 3 is 2.12 bits per heavy atom. The standard InChI is InChI=1S/C39H64O13/c1-18(2)7-6-8-19(3)29-25(14-24-22-10-9-20-13-21(42)11-12-38(20,4)23(22)15-28(43)39(24,29)5)49-37-34(48)35(31(45)27(17-41)51-37)52-36-33(47)32(46)30(44)26(16-40)50-36/h13,18-19,22-37,40-41,43-48H,6-12,14-17H2,1-5H3. The van der Waals surface area contributed by atoms with Crippen molar-refractivity contribution in [2.45, 2.75) is 166 Å². The number of aliphatic hydroxyl groups excluding tert-OH is 8. The van der Waals surface area contributed by atoms with Gasteiger partial charge in [-0.3, -0.25) is 4.79 Å². The Kier molecular flexibility index (Phi) is 12.3. The molecular formula is C39H64O13. The molecule has 13 nitrogen and oxygen atoms in total. The summed E-state index contributed by atoms with van der Waals surface area (Å²) in [6.45, 7) is 9.78. The van der Waals surface area contributed by atoms with Crippen molar-refractivity contribution in [1.29, 1.82) is 0 Å². The van der Waals surface area contributed by atoms with Crippen LogP contribution < -0.4 is 0 Å². The number of hydrogen-bond donors (Lipinski definition) is 8. The molecule has 52 heavy (non-hydrogen) atoms. The lowest BCUT2D eigenvalue weighted by molar-refractivity contribution is -0.365. The molecule has 0 spiro atoms. The van der Waals surface area contributed by atoms with E-state index >= 15 is 0 Å². The first kappa shape index (κ1) is 40.6. The summed E-state index contributed by atoms with van der Waals surface area (Å²) < 4.78 is 24.2. The molecule has 0 aromatic carbocycles. The van der Waals surface area contributed by atoms with E-state index in [1.54, 1.807) is 0 Å². The van der Waals surface area contributed by atoms with Crippen LogP contribution in [0.1, 0.15) is 92.4 Å². The van der Waals surface area contributed by atoms with Crippen LogP contribution in [0.25, 0.3) is 0 Å². The Morgan fingerprint density at radius 1 is 0.808 bits per heavy atom. The molecule has 2 aliphatic heterocycles. The molecule has 19 unspecified atom stereocenters. The smallest absolute Gasteiger partial charge is 0.187 e. The molecule has 0 amide bonds. The minimum absolute atomic E-state index is 0.0981. The quantitative estimate of drug-likeness (QED) is 0.150. The van der Waals surface area contributed by atoms with E-state index in [4.69, 9.17) is 18.9 Å². The van der Waals surface area contributed by atoms with Gasteiger partial charge in [-0.25, -0.2) is 0 Å². The van der Waals surface area contributed by atoms with Gasteiger partial charge >= 0.3 is 0 Å². The van der Waals surface area contributed by atoms with Gasteiger partial charge < -0.3 is 59.8 Å². The fourth-order valence-electron chi connectivity index (χ4n) is 11.5. The van der Waals surface area contributed by atoms with Gasteiger partial charge in [-0.2, -0.15) is 0 Å². The minimum atomic E-state index is -1.77. The maximum Gasteiger partial charge on any atom is 0.187 e. The van der Waals surface area contributed by atoms with E-state index in [0.29, 0.717) is 31.1 Å². The van der Waals surface area contributed by atoms with Crippen LogP contribution in [0, 0.1) is 46.3 Å². The Balaban J connectivity index is 1.28. The molecule has 19 atom stereocenters. The average Bonchev–Trinajstić information content (AvgIpc) is 3.41. The number of rotatable bonds is 11. The van der Waals surface area contributed by atoms with Crippen molar-refractivity contribution < 1.29 is 64.6 Å². The van der Waals surface area contributed by atoms with Crippen LogP contribution in [0.15, 0.2) is 11.6 Å². The summed E-state index contributed by atoms with van der Waals surface area (Å²) in [5, 5.41) is 86.3. The van der Waals surface area contributed by atoms with Crippen LogP contribution in [0.2, 0.25) is 0 Å². The van der Waals surface area contributed by atoms with E-state index in [0.717, 1.165) is 38.5 Å². The second-order valence-corrected chi connectivity index (χ2v) is 17.8. The second-order valence-electron chi connectivity index (χ2n) is 17.8. The predicted molar refractivity (Wildman–Crippen MR) is 186 cm³/mol. The van der Waals surface area contributed by atoms with Crippen molar-refractivity contribution >= 4 is 5.78 Å². The third-order valence-electron chi connectivity index (χ3n) is 14.5. The van der Waals surface area contributed by atoms with Gasteiger partial charge in [-0.05, 0) is 79.1 Å². The van der Waals surface area contributed by atoms with Crippen molar-refractivity contribution in [1.82, 2.24) is 0 Å². The molecule has 8 N–H and O–H groups in total. The minimum Gasteiger partial charge on any atom is -0.394 e. The summed E-state index contributed by atoms with van der Waals surface area (Å²) in [5.74, 6) is 1.38. The van der Waals surface area contributed by atoms with Gasteiger partial charge in [0.05, 0.1) is 25.4 Å². The van der Waals surface area contributed by atoms with Crippen molar-refractivity contribution in [3.8, 4) is 0 Å². The van der Waals surface area contributed by atoms with Crippen molar-refractivity contribution in [3.05, 3.63) is 11.6 Å². The normalized spacial score (nSPS) is 50.0. The molecule has 2 heterocycles. The first-order valence-corrected chi connectivity index (χ1v) is 19.7. The first-order chi connectivity index (χ1) is 24.6. The summed E-state index contributed by atoms with van der Waals surface area (Å²) in [6.07, 6.45) is -7.26. The maximum atomic E-state index is 12.4. The molecule has 13 heteroatoms. The Morgan fingerprint density at radius 2 is 1.46 bits per heavy atom. The Bertz CT molecular complexity index is 1280. The van der Waals surface area contributed by atoms with Gasteiger partial charge in [0.25, 0.3) is 0 Å². The lowest BCUT2D eigenvalue weighted by atomic mass is 9.45. The van der Waals surface area contributed by atoms with Gasteiger partial charge in [0, 0.05) is 11.8 Å². The molecule has 0 aromatic heterocycles. The largest absolute Gasteiger partial charge is 0.394 e. The maximum absolute atomic E-state index is 12.4. The lowest BCUT2D eigenvalue weighted by Crippen LogP contribution is -2.65. The molecule has 0 aromatic rings. The zero-order chi connectivity index (χ0) is 37.9. The fraction of sp³-hybridized carbons (Fsp3) is 0.923. The Hall–Kier alpha value is -1.07. The van der Waals surface area contributed by atoms with Crippen LogP contribution >= 0.6 is 0 Å². The number of carbonyl (C=O) groups excluding carboxylic acids is 1. The topological polar surface area (TPSA) is 216 Å². The summed E-state index contributed by atoms with van der Waals surface area (Å²) >= 11 is 0. The van der Waals surface area contributed by atoms with Crippen molar-refractivity contribution in [3.63, 3.8) is 0 Å². The van der Waals surface area contributed by atoms with Crippen LogP contribution in [-0.2, 0) is 23.7 Å². The van der Waals surface area contributed by atoms with E-state index in [9.17, 15) is 45.6 Å².